The molecule has 0 unspecified atom stereocenters. The Bertz CT molecular complexity index is 456. The monoisotopic (exact) mass is 466 g/mol. The van der Waals surface area contributed by atoms with E-state index in [9.17, 15) is 13.2 Å². The van der Waals surface area contributed by atoms with Crippen LogP contribution in [0.15, 0.2) is 36.5 Å². The van der Waals surface area contributed by atoms with Gasteiger partial charge in [-0.3, -0.25) is 12.2 Å². The summed E-state index contributed by atoms with van der Waals surface area (Å²) in [5.41, 5.74) is -5.65. The van der Waals surface area contributed by atoms with Crippen molar-refractivity contribution < 1.29 is 45.6 Å². The van der Waals surface area contributed by atoms with Gasteiger partial charge >= 0.3 is 25.0 Å². The molecule has 2 aliphatic rings. The van der Waals surface area contributed by atoms with E-state index in [1.54, 1.807) is 0 Å². The first-order valence-corrected chi connectivity index (χ1v) is 9.08. The molecule has 0 fully saturated rings. The standard InChI is InChI=1S/2C8H11.CHF3O3S.Rh/c2*1-2-4-6-8-7-5-3-1;2-1(3,4)8(5,6)7;/h2*1-2,7H,3-6H2;(H,5,6,7);/q2*-1;;+2/p-1/b2*2-1-;;. The third kappa shape index (κ3) is 17.9. The van der Waals surface area contributed by atoms with Crippen LogP contribution in [-0.4, -0.2) is 18.5 Å². The van der Waals surface area contributed by atoms with Gasteiger partial charge in [-0.05, 0) is 12.8 Å². The fourth-order valence-corrected chi connectivity index (χ4v) is 1.57. The van der Waals surface area contributed by atoms with E-state index in [1.165, 1.54) is 38.5 Å². The molecule has 0 atom stereocenters. The van der Waals surface area contributed by atoms with Crippen molar-refractivity contribution in [3.8, 4) is 0 Å². The second kappa shape index (κ2) is 15.5. The van der Waals surface area contributed by atoms with Crippen LogP contribution in [0.1, 0.15) is 51.4 Å². The number of rotatable bonds is 0. The Hall–Kier alpha value is -0.717. The summed E-state index contributed by atoms with van der Waals surface area (Å²) in [5, 5.41) is 0. The SMILES string of the molecule is O=S(=O)([O-])C(F)(F)F.[C-]1=CCC/C=C\CC1.[C-]1=CCC/C=C\CC1.[Rh+2]. The molecule has 0 saturated heterocycles. The van der Waals surface area contributed by atoms with Gasteiger partial charge in [0, 0.05) is 0 Å². The maximum atomic E-state index is 10.7. The van der Waals surface area contributed by atoms with Gasteiger partial charge in [-0.15, -0.1) is 0 Å². The van der Waals surface area contributed by atoms with Crippen molar-refractivity contribution >= 4 is 10.1 Å². The minimum absolute atomic E-state index is 0. The molecule has 3 nitrogen and oxygen atoms in total. The first-order chi connectivity index (χ1) is 11.2. The minimum atomic E-state index is -6.09. The van der Waals surface area contributed by atoms with Gasteiger partial charge < -0.3 is 16.7 Å². The maximum absolute atomic E-state index is 10.7. The first-order valence-electron chi connectivity index (χ1n) is 7.67. The number of allylic oxidation sites excluding steroid dienone is 8. The van der Waals surface area contributed by atoms with Crippen molar-refractivity contribution in [2.24, 2.45) is 0 Å². The predicted molar refractivity (Wildman–Crippen MR) is 86.6 cm³/mol. The Morgan fingerprint density at radius 3 is 1.40 bits per heavy atom. The smallest absolute Gasteiger partial charge is 0.741 e. The van der Waals surface area contributed by atoms with Crippen LogP contribution in [-0.2, 0) is 29.6 Å². The molecule has 0 bridgehead atoms. The molecule has 145 valence electrons. The average molecular weight is 466 g/mol. The van der Waals surface area contributed by atoms with Gasteiger partial charge in [0.25, 0.3) is 0 Å². The summed E-state index contributed by atoms with van der Waals surface area (Å²) in [6, 6.07) is 0. The van der Waals surface area contributed by atoms with Crippen LogP contribution >= 0.6 is 0 Å². The summed E-state index contributed by atoms with van der Waals surface area (Å²) in [6.45, 7) is 0. The van der Waals surface area contributed by atoms with Gasteiger partial charge in [0.1, 0.15) is 0 Å². The molecule has 0 aromatic heterocycles. The molecule has 0 aromatic rings. The van der Waals surface area contributed by atoms with Gasteiger partial charge in [-0.25, -0.2) is 8.42 Å². The van der Waals surface area contributed by atoms with E-state index in [2.05, 4.69) is 48.6 Å². The normalized spacial score (nSPS) is 19.8. The van der Waals surface area contributed by atoms with Crippen molar-refractivity contribution in [1.29, 1.82) is 0 Å². The molecule has 0 spiro atoms. The van der Waals surface area contributed by atoms with E-state index >= 15 is 0 Å². The number of hydrogen-bond donors (Lipinski definition) is 0. The van der Waals surface area contributed by atoms with Gasteiger partial charge in [-0.1, -0.05) is 50.0 Å². The Morgan fingerprint density at radius 2 is 1.08 bits per heavy atom. The molecule has 2 rings (SSSR count). The Morgan fingerprint density at radius 1 is 0.760 bits per heavy atom. The zero-order valence-electron chi connectivity index (χ0n) is 13.7. The molecule has 0 aliphatic heterocycles. The summed E-state index contributed by atoms with van der Waals surface area (Å²) < 4.78 is 58.9. The molecule has 2 aliphatic carbocycles. The van der Waals surface area contributed by atoms with Gasteiger partial charge in [-0.2, -0.15) is 26.0 Å². The average Bonchev–Trinajstić information content (AvgIpc) is 2.35. The number of hydrogen-bond acceptors (Lipinski definition) is 3. The molecular formula is C17H22F3O3RhS-. The summed E-state index contributed by atoms with van der Waals surface area (Å²) in [6.07, 6.45) is 29.0. The van der Waals surface area contributed by atoms with Crippen molar-refractivity contribution in [1.82, 2.24) is 0 Å². The zero-order valence-corrected chi connectivity index (χ0v) is 16.2. The van der Waals surface area contributed by atoms with Crippen molar-refractivity contribution in [3.05, 3.63) is 48.6 Å². The van der Waals surface area contributed by atoms with Crippen molar-refractivity contribution in [3.63, 3.8) is 0 Å². The zero-order chi connectivity index (χ0) is 18.3. The van der Waals surface area contributed by atoms with Crippen molar-refractivity contribution in [2.45, 2.75) is 56.9 Å². The third-order valence-corrected chi connectivity index (χ3v) is 3.34. The van der Waals surface area contributed by atoms with Gasteiger partial charge in [0.2, 0.25) is 0 Å². The molecule has 0 amide bonds. The van der Waals surface area contributed by atoms with E-state index in [0.717, 1.165) is 12.8 Å². The van der Waals surface area contributed by atoms with Crippen LogP contribution in [0.2, 0.25) is 0 Å². The fraction of sp³-hybridized carbons (Fsp3) is 0.529. The van der Waals surface area contributed by atoms with E-state index < -0.39 is 15.6 Å². The Kier molecular flexibility index (Phi) is 16.5. The van der Waals surface area contributed by atoms with E-state index in [0.29, 0.717) is 0 Å². The molecule has 1 radical (unpaired) electrons. The van der Waals surface area contributed by atoms with E-state index in [-0.39, 0.29) is 19.5 Å². The second-order valence-corrected chi connectivity index (χ2v) is 6.26. The van der Waals surface area contributed by atoms with E-state index in [4.69, 9.17) is 13.0 Å². The fourth-order valence-electron chi connectivity index (χ4n) is 1.57. The second-order valence-electron chi connectivity index (χ2n) is 4.89. The van der Waals surface area contributed by atoms with Crippen LogP contribution in [0.3, 0.4) is 0 Å². The van der Waals surface area contributed by atoms with Crippen molar-refractivity contribution in [2.75, 3.05) is 0 Å². The van der Waals surface area contributed by atoms with E-state index in [1.807, 2.05) is 0 Å². The summed E-state index contributed by atoms with van der Waals surface area (Å²) in [4.78, 5) is 0. The summed E-state index contributed by atoms with van der Waals surface area (Å²) in [5.74, 6) is 0. The number of halogens is 3. The molecular weight excluding hydrogens is 444 g/mol. The molecule has 0 heterocycles. The first kappa shape index (κ1) is 26.5. The molecule has 0 aromatic carbocycles. The van der Waals surface area contributed by atoms with Crippen LogP contribution < -0.4 is 0 Å². The molecule has 0 saturated carbocycles. The quantitative estimate of drug-likeness (QED) is 0.166. The topological polar surface area (TPSA) is 57.2 Å². The molecule has 25 heavy (non-hydrogen) atoms. The van der Waals surface area contributed by atoms with Gasteiger partial charge in [0.05, 0.1) is 0 Å². The van der Waals surface area contributed by atoms with Crippen LogP contribution in [0.4, 0.5) is 13.2 Å². The van der Waals surface area contributed by atoms with Gasteiger partial charge in [0.15, 0.2) is 10.1 Å². The maximum Gasteiger partial charge on any atom is 2.00 e. The third-order valence-electron chi connectivity index (χ3n) is 2.77. The molecule has 0 N–H and O–H groups in total. The predicted octanol–water partition coefficient (Wildman–Crippen LogP) is 5.00. The van der Waals surface area contributed by atoms with Crippen LogP contribution in [0, 0.1) is 12.2 Å². The number of alkyl halides is 3. The summed E-state index contributed by atoms with van der Waals surface area (Å²) in [7, 11) is -6.09. The minimum Gasteiger partial charge on any atom is -0.741 e. The largest absolute Gasteiger partial charge is 2.00 e. The Balaban J connectivity index is 0. The van der Waals surface area contributed by atoms with Crippen LogP contribution in [0.5, 0.6) is 0 Å². The summed E-state index contributed by atoms with van der Waals surface area (Å²) >= 11 is 0. The molecule has 8 heteroatoms. The Labute approximate surface area is 161 Å². The van der Waals surface area contributed by atoms with Crippen LogP contribution in [0.25, 0.3) is 0 Å².